The zero-order valence-electron chi connectivity index (χ0n) is 17.6. The van der Waals surface area contributed by atoms with Crippen molar-refractivity contribution in [1.29, 1.82) is 0 Å². The van der Waals surface area contributed by atoms with Crippen molar-refractivity contribution >= 4 is 16.8 Å². The molecule has 0 spiro atoms. The molecule has 5 rings (SSSR count). The van der Waals surface area contributed by atoms with Crippen molar-refractivity contribution in [3.05, 3.63) is 65.9 Å². The molecule has 1 saturated carbocycles. The number of nitrogens with zero attached hydrogens (tertiary/aromatic N) is 1. The van der Waals surface area contributed by atoms with Crippen molar-refractivity contribution in [2.75, 3.05) is 20.2 Å². The standard InChI is InChI=1S/C25H28N2O4/c1-31-22-9-5-3-7-19(22)25(30)20-15-27(14-16(20)10-11-23(25)28)24(29)12-17-13-26-21-8-4-2-6-18(17)21/h2-9,13,16,20,23,26,28,30H,10-12,14-15H2,1H3. The van der Waals surface area contributed by atoms with E-state index in [1.807, 2.05) is 53.6 Å². The number of ether oxygens (including phenoxy) is 1. The number of rotatable bonds is 4. The van der Waals surface area contributed by atoms with Crippen LogP contribution in [0.25, 0.3) is 10.9 Å². The topological polar surface area (TPSA) is 85.8 Å². The molecular formula is C25H28N2O4. The van der Waals surface area contributed by atoms with Gasteiger partial charge in [-0.1, -0.05) is 36.4 Å². The summed E-state index contributed by atoms with van der Waals surface area (Å²) in [6.07, 6.45) is 2.62. The SMILES string of the molecule is COc1ccccc1C1(O)C(O)CCC2CN(C(=O)Cc3c[nH]c4ccccc34)CC21. The number of carbonyl (C=O) groups is 1. The van der Waals surface area contributed by atoms with Crippen molar-refractivity contribution in [3.8, 4) is 5.75 Å². The van der Waals surface area contributed by atoms with Gasteiger partial charge in [-0.2, -0.15) is 0 Å². The van der Waals surface area contributed by atoms with E-state index in [-0.39, 0.29) is 17.7 Å². The number of aliphatic hydroxyl groups is 2. The van der Waals surface area contributed by atoms with Gasteiger partial charge in [0, 0.05) is 41.7 Å². The molecule has 1 amide bonds. The van der Waals surface area contributed by atoms with Crippen LogP contribution >= 0.6 is 0 Å². The Morgan fingerprint density at radius 2 is 1.94 bits per heavy atom. The monoisotopic (exact) mass is 420 g/mol. The first-order chi connectivity index (χ1) is 15.0. The number of hydrogen-bond donors (Lipinski definition) is 3. The Morgan fingerprint density at radius 3 is 2.77 bits per heavy atom. The van der Waals surface area contributed by atoms with Crippen molar-refractivity contribution in [1.82, 2.24) is 9.88 Å². The van der Waals surface area contributed by atoms with Gasteiger partial charge in [-0.05, 0) is 36.5 Å². The van der Waals surface area contributed by atoms with Crippen LogP contribution in [0.4, 0.5) is 0 Å². The minimum atomic E-state index is -1.44. The summed E-state index contributed by atoms with van der Waals surface area (Å²) in [6, 6.07) is 15.3. The van der Waals surface area contributed by atoms with Gasteiger partial charge in [-0.15, -0.1) is 0 Å². The lowest BCUT2D eigenvalue weighted by Gasteiger charge is -2.45. The molecule has 1 aliphatic carbocycles. The van der Waals surface area contributed by atoms with Crippen molar-refractivity contribution in [3.63, 3.8) is 0 Å². The Labute approximate surface area is 181 Å². The number of aromatic amines is 1. The first-order valence-electron chi connectivity index (χ1n) is 10.9. The molecule has 1 saturated heterocycles. The molecule has 2 fully saturated rings. The minimum Gasteiger partial charge on any atom is -0.496 e. The lowest BCUT2D eigenvalue weighted by Crippen LogP contribution is -2.52. The van der Waals surface area contributed by atoms with Crippen LogP contribution in [0.2, 0.25) is 0 Å². The number of nitrogens with one attached hydrogen (secondary N) is 1. The van der Waals surface area contributed by atoms with E-state index < -0.39 is 11.7 Å². The number of likely N-dealkylation sites (tertiary alicyclic amines) is 1. The fraction of sp³-hybridized carbons (Fsp3) is 0.400. The number of H-pyrrole nitrogens is 1. The van der Waals surface area contributed by atoms with Crippen molar-refractivity contribution in [2.24, 2.45) is 11.8 Å². The molecule has 0 radical (unpaired) electrons. The van der Waals surface area contributed by atoms with E-state index in [1.54, 1.807) is 13.2 Å². The first-order valence-corrected chi connectivity index (χ1v) is 10.9. The van der Waals surface area contributed by atoms with Gasteiger partial charge in [-0.3, -0.25) is 4.79 Å². The maximum absolute atomic E-state index is 13.2. The number of methoxy groups -OCH3 is 1. The Balaban J connectivity index is 1.41. The summed E-state index contributed by atoms with van der Waals surface area (Å²) in [5.74, 6) is 0.522. The van der Waals surface area contributed by atoms with Crippen LogP contribution in [-0.4, -0.2) is 52.3 Å². The molecule has 4 unspecified atom stereocenters. The third-order valence-electron chi connectivity index (χ3n) is 7.23. The highest BCUT2D eigenvalue weighted by atomic mass is 16.5. The number of carbonyl (C=O) groups excluding carboxylic acids is 1. The Bertz CT molecular complexity index is 1110. The van der Waals surface area contributed by atoms with Crippen LogP contribution in [0.3, 0.4) is 0 Å². The zero-order chi connectivity index (χ0) is 21.6. The van der Waals surface area contributed by atoms with Gasteiger partial charge >= 0.3 is 0 Å². The van der Waals surface area contributed by atoms with E-state index in [4.69, 9.17) is 4.74 Å². The predicted octanol–water partition coefficient (Wildman–Crippen LogP) is 2.84. The van der Waals surface area contributed by atoms with E-state index in [0.29, 0.717) is 37.2 Å². The summed E-state index contributed by atoms with van der Waals surface area (Å²) < 4.78 is 5.49. The maximum Gasteiger partial charge on any atom is 0.227 e. The van der Waals surface area contributed by atoms with E-state index in [1.165, 1.54) is 0 Å². The molecule has 2 aliphatic rings. The normalized spacial score (nSPS) is 28.0. The third-order valence-corrected chi connectivity index (χ3v) is 7.23. The molecule has 3 aromatic rings. The predicted molar refractivity (Wildman–Crippen MR) is 118 cm³/mol. The Morgan fingerprint density at radius 1 is 1.16 bits per heavy atom. The van der Waals surface area contributed by atoms with E-state index in [2.05, 4.69) is 4.98 Å². The summed E-state index contributed by atoms with van der Waals surface area (Å²) in [6.45, 7) is 1.04. The second kappa shape index (κ2) is 7.70. The Kier molecular flexibility index (Phi) is 4.99. The summed E-state index contributed by atoms with van der Waals surface area (Å²) in [4.78, 5) is 18.3. The van der Waals surface area contributed by atoms with Gasteiger partial charge in [0.1, 0.15) is 11.4 Å². The van der Waals surface area contributed by atoms with Gasteiger partial charge in [-0.25, -0.2) is 0 Å². The molecule has 4 atom stereocenters. The van der Waals surface area contributed by atoms with Crippen LogP contribution in [0.1, 0.15) is 24.0 Å². The summed E-state index contributed by atoms with van der Waals surface area (Å²) >= 11 is 0. The average Bonchev–Trinajstić information content (AvgIpc) is 3.42. The van der Waals surface area contributed by atoms with Crippen molar-refractivity contribution < 1.29 is 19.7 Å². The van der Waals surface area contributed by atoms with Gasteiger partial charge in [0.25, 0.3) is 0 Å². The number of para-hydroxylation sites is 2. The molecule has 3 N–H and O–H groups in total. The van der Waals surface area contributed by atoms with Crippen LogP contribution in [-0.2, 0) is 16.8 Å². The van der Waals surface area contributed by atoms with Gasteiger partial charge < -0.3 is 24.8 Å². The first kappa shape index (κ1) is 20.1. The molecule has 6 nitrogen and oxygen atoms in total. The summed E-state index contributed by atoms with van der Waals surface area (Å²) in [7, 11) is 1.57. The molecule has 162 valence electrons. The highest BCUT2D eigenvalue weighted by Crippen LogP contribution is 2.50. The molecule has 6 heteroatoms. The second-order valence-electron chi connectivity index (χ2n) is 8.82. The smallest absolute Gasteiger partial charge is 0.227 e. The zero-order valence-corrected chi connectivity index (χ0v) is 17.6. The van der Waals surface area contributed by atoms with E-state index in [9.17, 15) is 15.0 Å². The highest BCUT2D eigenvalue weighted by molar-refractivity contribution is 5.89. The fourth-order valence-electron chi connectivity index (χ4n) is 5.61. The van der Waals surface area contributed by atoms with Crippen LogP contribution < -0.4 is 4.74 Å². The number of aromatic nitrogens is 1. The molecule has 2 heterocycles. The minimum absolute atomic E-state index is 0.0519. The quantitative estimate of drug-likeness (QED) is 0.606. The summed E-state index contributed by atoms with van der Waals surface area (Å²) in [5.41, 5.74) is 1.17. The lowest BCUT2D eigenvalue weighted by molar-refractivity contribution is -0.152. The number of amides is 1. The van der Waals surface area contributed by atoms with Crippen molar-refractivity contribution in [2.45, 2.75) is 31.0 Å². The molecule has 1 aromatic heterocycles. The summed E-state index contributed by atoms with van der Waals surface area (Å²) in [5, 5.41) is 23.8. The molecule has 31 heavy (non-hydrogen) atoms. The van der Waals surface area contributed by atoms with Crippen LogP contribution in [0.15, 0.2) is 54.7 Å². The largest absolute Gasteiger partial charge is 0.496 e. The molecule has 2 aromatic carbocycles. The number of benzene rings is 2. The molecule has 0 bridgehead atoms. The van der Waals surface area contributed by atoms with E-state index >= 15 is 0 Å². The maximum atomic E-state index is 13.2. The van der Waals surface area contributed by atoms with Gasteiger partial charge in [0.15, 0.2) is 0 Å². The lowest BCUT2D eigenvalue weighted by atomic mass is 9.66. The van der Waals surface area contributed by atoms with Crippen LogP contribution in [0, 0.1) is 11.8 Å². The second-order valence-corrected chi connectivity index (χ2v) is 8.82. The third kappa shape index (κ3) is 3.22. The van der Waals surface area contributed by atoms with Crippen LogP contribution in [0.5, 0.6) is 5.75 Å². The van der Waals surface area contributed by atoms with E-state index in [0.717, 1.165) is 22.9 Å². The number of fused-ring (bicyclic) bond motifs is 2. The Hall–Kier alpha value is -2.83. The van der Waals surface area contributed by atoms with Gasteiger partial charge in [0.2, 0.25) is 5.91 Å². The molecular weight excluding hydrogens is 392 g/mol. The number of hydrogen-bond acceptors (Lipinski definition) is 4. The van der Waals surface area contributed by atoms with Gasteiger partial charge in [0.05, 0.1) is 19.6 Å². The number of aliphatic hydroxyl groups excluding tert-OH is 1. The molecule has 1 aliphatic heterocycles. The fourth-order valence-corrected chi connectivity index (χ4v) is 5.61. The highest BCUT2D eigenvalue weighted by Gasteiger charge is 2.56. The average molecular weight is 421 g/mol.